The molecule has 0 aromatic carbocycles. The molecule has 0 aliphatic heterocycles. The molecule has 0 amide bonds. The first-order valence-electron chi connectivity index (χ1n) is 6.16. The van der Waals surface area contributed by atoms with Gasteiger partial charge in [-0.05, 0) is 17.8 Å². The zero-order valence-corrected chi connectivity index (χ0v) is 10.7. The molecule has 0 N–H and O–H groups in total. The van der Waals surface area contributed by atoms with Gasteiger partial charge in [-0.2, -0.15) is 0 Å². The van der Waals surface area contributed by atoms with Gasteiger partial charge in [0.2, 0.25) is 0 Å². The third-order valence-electron chi connectivity index (χ3n) is 3.14. The fraction of sp³-hybridized carbons (Fsp3) is 1.00. The van der Waals surface area contributed by atoms with Gasteiger partial charge in [0, 0.05) is 13.7 Å². The van der Waals surface area contributed by atoms with E-state index < -0.39 is 0 Å². The van der Waals surface area contributed by atoms with Gasteiger partial charge in [-0.1, -0.05) is 53.4 Å². The van der Waals surface area contributed by atoms with Gasteiger partial charge >= 0.3 is 0 Å². The van der Waals surface area contributed by atoms with Crippen molar-refractivity contribution in [3.63, 3.8) is 0 Å². The highest BCUT2D eigenvalue weighted by Gasteiger charge is 2.22. The quantitative estimate of drug-likeness (QED) is 0.572. The molecule has 0 saturated carbocycles. The lowest BCUT2D eigenvalue weighted by Crippen LogP contribution is -2.24. The molecular formula is C13H28O. The van der Waals surface area contributed by atoms with E-state index in [2.05, 4.69) is 27.7 Å². The van der Waals surface area contributed by atoms with Crippen LogP contribution in [0.25, 0.3) is 0 Å². The molecule has 0 aromatic rings. The molecule has 0 fully saturated rings. The van der Waals surface area contributed by atoms with Crippen molar-refractivity contribution >= 4 is 0 Å². The minimum Gasteiger partial charge on any atom is -0.384 e. The fourth-order valence-corrected chi connectivity index (χ4v) is 2.38. The topological polar surface area (TPSA) is 9.23 Å². The summed E-state index contributed by atoms with van der Waals surface area (Å²) in [5.74, 6) is 2.36. The molecule has 0 spiro atoms. The second-order valence-electron chi connectivity index (χ2n) is 4.70. The maximum atomic E-state index is 5.34. The summed E-state index contributed by atoms with van der Waals surface area (Å²) in [7, 11) is 1.82. The first-order valence-corrected chi connectivity index (χ1v) is 6.16. The standard InChI is InChI=1S/C13H28O/c1-6-8-12(9-7-2)13(10-14-5)11(3)4/h11-13H,6-10H2,1-5H3. The summed E-state index contributed by atoms with van der Waals surface area (Å²) in [6.45, 7) is 10.1. The predicted molar refractivity (Wildman–Crippen MR) is 63.5 cm³/mol. The number of hydrogen-bond acceptors (Lipinski definition) is 1. The molecule has 1 nitrogen and oxygen atoms in total. The lowest BCUT2D eigenvalue weighted by atomic mass is 9.79. The molecule has 0 aliphatic rings. The molecule has 14 heavy (non-hydrogen) atoms. The summed E-state index contributed by atoms with van der Waals surface area (Å²) < 4.78 is 5.34. The molecule has 1 heteroatoms. The Hall–Kier alpha value is -0.0400. The van der Waals surface area contributed by atoms with Gasteiger partial charge in [0.25, 0.3) is 0 Å². The van der Waals surface area contributed by atoms with Crippen LogP contribution in [0, 0.1) is 17.8 Å². The number of hydrogen-bond donors (Lipinski definition) is 0. The molecule has 0 radical (unpaired) electrons. The summed E-state index contributed by atoms with van der Waals surface area (Å²) in [5.41, 5.74) is 0. The highest BCUT2D eigenvalue weighted by Crippen LogP contribution is 2.29. The summed E-state index contributed by atoms with van der Waals surface area (Å²) >= 11 is 0. The second-order valence-corrected chi connectivity index (χ2v) is 4.70. The van der Waals surface area contributed by atoms with Crippen molar-refractivity contribution in [3.05, 3.63) is 0 Å². The monoisotopic (exact) mass is 200 g/mol. The second kappa shape index (κ2) is 8.28. The van der Waals surface area contributed by atoms with E-state index in [0.29, 0.717) is 0 Å². The van der Waals surface area contributed by atoms with Crippen LogP contribution in [0.5, 0.6) is 0 Å². The Morgan fingerprint density at radius 3 is 1.79 bits per heavy atom. The van der Waals surface area contributed by atoms with Gasteiger partial charge in [0.1, 0.15) is 0 Å². The van der Waals surface area contributed by atoms with Crippen LogP contribution < -0.4 is 0 Å². The van der Waals surface area contributed by atoms with Gasteiger partial charge in [0.05, 0.1) is 0 Å². The normalized spacial score (nSPS) is 13.9. The maximum Gasteiger partial charge on any atom is 0.0495 e. The first kappa shape index (κ1) is 14.0. The predicted octanol–water partition coefficient (Wildman–Crippen LogP) is 4.12. The van der Waals surface area contributed by atoms with Gasteiger partial charge in [-0.3, -0.25) is 0 Å². The van der Waals surface area contributed by atoms with Crippen LogP contribution in [0.4, 0.5) is 0 Å². The Labute approximate surface area is 90.2 Å². The fourth-order valence-electron chi connectivity index (χ4n) is 2.38. The van der Waals surface area contributed by atoms with Crippen molar-refractivity contribution in [2.24, 2.45) is 17.8 Å². The molecule has 0 rings (SSSR count). The van der Waals surface area contributed by atoms with E-state index in [9.17, 15) is 0 Å². The molecule has 0 aliphatic carbocycles. The smallest absolute Gasteiger partial charge is 0.0495 e. The van der Waals surface area contributed by atoms with Crippen molar-refractivity contribution in [2.75, 3.05) is 13.7 Å². The Bertz CT molecular complexity index is 114. The van der Waals surface area contributed by atoms with Crippen LogP contribution in [-0.2, 0) is 4.74 Å². The third-order valence-corrected chi connectivity index (χ3v) is 3.14. The van der Waals surface area contributed by atoms with E-state index >= 15 is 0 Å². The van der Waals surface area contributed by atoms with Crippen molar-refractivity contribution in [1.29, 1.82) is 0 Å². The summed E-state index contributed by atoms with van der Waals surface area (Å²) in [5, 5.41) is 0. The van der Waals surface area contributed by atoms with Crippen molar-refractivity contribution < 1.29 is 4.74 Å². The molecular weight excluding hydrogens is 172 g/mol. The molecule has 0 saturated heterocycles. The van der Waals surface area contributed by atoms with E-state index in [1.807, 2.05) is 7.11 Å². The van der Waals surface area contributed by atoms with Crippen molar-refractivity contribution in [2.45, 2.75) is 53.4 Å². The van der Waals surface area contributed by atoms with Gasteiger partial charge in [-0.15, -0.1) is 0 Å². The Morgan fingerprint density at radius 1 is 1.00 bits per heavy atom. The average Bonchev–Trinajstić information content (AvgIpc) is 2.13. The number of ether oxygens (including phenoxy) is 1. The van der Waals surface area contributed by atoms with E-state index in [1.165, 1.54) is 25.7 Å². The highest BCUT2D eigenvalue weighted by atomic mass is 16.5. The zero-order chi connectivity index (χ0) is 11.0. The van der Waals surface area contributed by atoms with Crippen LogP contribution in [0.2, 0.25) is 0 Å². The highest BCUT2D eigenvalue weighted by molar-refractivity contribution is 4.72. The molecule has 0 heterocycles. The third kappa shape index (κ3) is 4.99. The van der Waals surface area contributed by atoms with Crippen molar-refractivity contribution in [1.82, 2.24) is 0 Å². The number of methoxy groups -OCH3 is 1. The molecule has 1 atom stereocenters. The Kier molecular flexibility index (Phi) is 8.26. The lowest BCUT2D eigenvalue weighted by molar-refractivity contribution is 0.0841. The van der Waals surface area contributed by atoms with Crippen LogP contribution in [0.15, 0.2) is 0 Å². The number of rotatable bonds is 8. The molecule has 0 bridgehead atoms. The maximum absolute atomic E-state index is 5.34. The minimum atomic E-state index is 0.748. The van der Waals surface area contributed by atoms with Crippen LogP contribution in [0.1, 0.15) is 53.4 Å². The van der Waals surface area contributed by atoms with Gasteiger partial charge in [-0.25, -0.2) is 0 Å². The van der Waals surface area contributed by atoms with E-state index in [4.69, 9.17) is 4.74 Å². The Morgan fingerprint density at radius 2 is 1.50 bits per heavy atom. The Balaban J connectivity index is 4.21. The summed E-state index contributed by atoms with van der Waals surface area (Å²) in [4.78, 5) is 0. The van der Waals surface area contributed by atoms with Crippen LogP contribution in [-0.4, -0.2) is 13.7 Å². The van der Waals surface area contributed by atoms with Gasteiger partial charge < -0.3 is 4.74 Å². The van der Waals surface area contributed by atoms with E-state index in [-0.39, 0.29) is 0 Å². The lowest BCUT2D eigenvalue weighted by Gasteiger charge is -2.29. The molecule has 1 unspecified atom stereocenters. The van der Waals surface area contributed by atoms with E-state index in [0.717, 1.165) is 24.4 Å². The zero-order valence-electron chi connectivity index (χ0n) is 10.7. The van der Waals surface area contributed by atoms with E-state index in [1.54, 1.807) is 0 Å². The van der Waals surface area contributed by atoms with Crippen molar-refractivity contribution in [3.8, 4) is 0 Å². The molecule has 86 valence electrons. The summed E-state index contributed by atoms with van der Waals surface area (Å²) in [6.07, 6.45) is 5.33. The average molecular weight is 200 g/mol. The van der Waals surface area contributed by atoms with Gasteiger partial charge in [0.15, 0.2) is 0 Å². The first-order chi connectivity index (χ1) is 6.67. The van der Waals surface area contributed by atoms with Crippen LogP contribution >= 0.6 is 0 Å². The SMILES string of the molecule is CCCC(CCC)C(COC)C(C)C. The minimum absolute atomic E-state index is 0.748. The largest absolute Gasteiger partial charge is 0.384 e. The molecule has 0 aromatic heterocycles. The summed E-state index contributed by atoms with van der Waals surface area (Å²) in [6, 6.07) is 0. The van der Waals surface area contributed by atoms with Crippen LogP contribution in [0.3, 0.4) is 0 Å².